The molecule has 4 nitrogen and oxygen atoms in total. The van der Waals surface area contributed by atoms with E-state index < -0.39 is 0 Å². The van der Waals surface area contributed by atoms with Gasteiger partial charge in [-0.25, -0.2) is 0 Å². The van der Waals surface area contributed by atoms with Crippen LogP contribution in [0.3, 0.4) is 0 Å². The van der Waals surface area contributed by atoms with Crippen LogP contribution in [0, 0.1) is 0 Å². The number of H-pyrrole nitrogens is 1. The molecule has 1 aliphatic rings. The first kappa shape index (κ1) is 10.3. The van der Waals surface area contributed by atoms with Gasteiger partial charge in [0.25, 0.3) is 0 Å². The fraction of sp³-hybridized carbons (Fsp3) is 0.385. The molecule has 88 valence electrons. The second-order valence-corrected chi connectivity index (χ2v) is 4.48. The molecule has 1 N–H and O–H groups in total. The van der Waals surface area contributed by atoms with Crippen LogP contribution in [0.2, 0.25) is 0 Å². The van der Waals surface area contributed by atoms with Crippen LogP contribution in [-0.2, 0) is 11.2 Å². The first-order valence-corrected chi connectivity index (χ1v) is 6.03. The van der Waals surface area contributed by atoms with Crippen molar-refractivity contribution < 1.29 is 4.79 Å². The maximum absolute atomic E-state index is 12.0. The predicted molar refractivity (Wildman–Crippen MR) is 65.6 cm³/mol. The van der Waals surface area contributed by atoms with Crippen LogP contribution in [0.1, 0.15) is 18.4 Å². The van der Waals surface area contributed by atoms with E-state index >= 15 is 0 Å². The first-order valence-electron chi connectivity index (χ1n) is 6.03. The normalized spacial score (nSPS) is 15.6. The highest BCUT2D eigenvalue weighted by atomic mass is 16.2. The lowest BCUT2D eigenvalue weighted by Crippen LogP contribution is -2.28. The van der Waals surface area contributed by atoms with Gasteiger partial charge in [0.2, 0.25) is 5.91 Å². The van der Waals surface area contributed by atoms with Crippen molar-refractivity contribution >= 4 is 16.9 Å². The summed E-state index contributed by atoms with van der Waals surface area (Å²) in [6.07, 6.45) is 6.39. The molecule has 1 saturated heterocycles. The number of nitrogens with zero attached hydrogens (tertiary/aromatic N) is 2. The van der Waals surface area contributed by atoms with E-state index in [1.165, 1.54) is 0 Å². The molecule has 1 aliphatic heterocycles. The van der Waals surface area contributed by atoms with Crippen molar-refractivity contribution in [3.8, 4) is 0 Å². The summed E-state index contributed by atoms with van der Waals surface area (Å²) < 4.78 is 0. The number of likely N-dealkylation sites (tertiary alicyclic amines) is 1. The van der Waals surface area contributed by atoms with Crippen LogP contribution in [-0.4, -0.2) is 33.9 Å². The smallest absolute Gasteiger partial charge is 0.227 e. The second kappa shape index (κ2) is 4.20. The maximum Gasteiger partial charge on any atom is 0.227 e. The molecule has 2 aromatic rings. The zero-order chi connectivity index (χ0) is 11.7. The van der Waals surface area contributed by atoms with Crippen LogP contribution in [0.4, 0.5) is 0 Å². The van der Waals surface area contributed by atoms with Gasteiger partial charge in [-0.3, -0.25) is 9.78 Å². The Kier molecular flexibility index (Phi) is 2.55. The van der Waals surface area contributed by atoms with Crippen LogP contribution in [0.25, 0.3) is 11.0 Å². The van der Waals surface area contributed by atoms with Gasteiger partial charge in [-0.05, 0) is 25.0 Å². The minimum absolute atomic E-state index is 0.217. The number of aromatic amines is 1. The van der Waals surface area contributed by atoms with Crippen LogP contribution in [0.15, 0.2) is 24.5 Å². The summed E-state index contributed by atoms with van der Waals surface area (Å²) in [6, 6.07) is 3.87. The third kappa shape index (κ3) is 1.90. The van der Waals surface area contributed by atoms with E-state index in [2.05, 4.69) is 9.97 Å². The molecule has 0 bridgehead atoms. The lowest BCUT2D eigenvalue weighted by molar-refractivity contribution is -0.129. The van der Waals surface area contributed by atoms with E-state index in [9.17, 15) is 4.79 Å². The van der Waals surface area contributed by atoms with Crippen molar-refractivity contribution in [2.24, 2.45) is 0 Å². The molecule has 0 unspecified atom stereocenters. The molecule has 0 saturated carbocycles. The molecule has 0 atom stereocenters. The lowest BCUT2D eigenvalue weighted by Gasteiger charge is -2.14. The molecule has 1 amide bonds. The summed E-state index contributed by atoms with van der Waals surface area (Å²) in [7, 11) is 0. The highest BCUT2D eigenvalue weighted by Gasteiger charge is 2.19. The summed E-state index contributed by atoms with van der Waals surface area (Å²) >= 11 is 0. The fourth-order valence-electron chi connectivity index (χ4n) is 2.39. The Hall–Kier alpha value is -1.84. The maximum atomic E-state index is 12.0. The zero-order valence-electron chi connectivity index (χ0n) is 9.65. The Labute approximate surface area is 99.6 Å². The molecule has 3 rings (SSSR count). The topological polar surface area (TPSA) is 49.0 Å². The molecule has 4 heteroatoms. The van der Waals surface area contributed by atoms with E-state index in [1.807, 2.05) is 23.2 Å². The van der Waals surface area contributed by atoms with E-state index in [-0.39, 0.29) is 5.91 Å². The van der Waals surface area contributed by atoms with E-state index in [0.717, 1.165) is 42.5 Å². The standard InChI is InChI=1S/C13H15N3O/c17-12(16-6-1-2-7-16)8-10-9-15-11-4-3-5-14-13(10)11/h3-5,9,15H,1-2,6-8H2. The summed E-state index contributed by atoms with van der Waals surface area (Å²) in [5, 5.41) is 0. The number of hydrogen-bond donors (Lipinski definition) is 1. The monoisotopic (exact) mass is 229 g/mol. The van der Waals surface area contributed by atoms with Crippen molar-refractivity contribution in [2.75, 3.05) is 13.1 Å². The van der Waals surface area contributed by atoms with Crippen molar-refractivity contribution in [3.05, 3.63) is 30.1 Å². The highest BCUT2D eigenvalue weighted by molar-refractivity contribution is 5.86. The van der Waals surface area contributed by atoms with Gasteiger partial charge < -0.3 is 9.88 Å². The first-order chi connectivity index (χ1) is 8.34. The molecule has 3 heterocycles. The number of aromatic nitrogens is 2. The Bertz CT molecular complexity index is 540. The third-order valence-corrected chi connectivity index (χ3v) is 3.31. The summed E-state index contributed by atoms with van der Waals surface area (Å²) in [4.78, 5) is 21.5. The largest absolute Gasteiger partial charge is 0.360 e. The van der Waals surface area contributed by atoms with Crippen molar-refractivity contribution in [1.29, 1.82) is 0 Å². The minimum Gasteiger partial charge on any atom is -0.360 e. The summed E-state index contributed by atoms with van der Waals surface area (Å²) in [6.45, 7) is 1.82. The Morgan fingerprint density at radius 2 is 2.24 bits per heavy atom. The number of carbonyl (C=O) groups is 1. The average molecular weight is 229 g/mol. The van der Waals surface area contributed by atoms with Gasteiger partial charge >= 0.3 is 0 Å². The predicted octanol–water partition coefficient (Wildman–Crippen LogP) is 1.73. The van der Waals surface area contributed by atoms with Gasteiger partial charge in [-0.2, -0.15) is 0 Å². The molecule has 1 fully saturated rings. The van der Waals surface area contributed by atoms with Gasteiger partial charge in [-0.15, -0.1) is 0 Å². The molecular formula is C13H15N3O. The summed E-state index contributed by atoms with van der Waals surface area (Å²) in [5.74, 6) is 0.217. The van der Waals surface area contributed by atoms with Crippen molar-refractivity contribution in [1.82, 2.24) is 14.9 Å². The van der Waals surface area contributed by atoms with Gasteiger partial charge in [0.1, 0.15) is 0 Å². The second-order valence-electron chi connectivity index (χ2n) is 4.48. The van der Waals surface area contributed by atoms with Crippen molar-refractivity contribution in [3.63, 3.8) is 0 Å². The van der Waals surface area contributed by atoms with Gasteiger partial charge in [0.05, 0.1) is 17.5 Å². The molecule has 0 aliphatic carbocycles. The summed E-state index contributed by atoms with van der Waals surface area (Å²) in [5.41, 5.74) is 2.91. The highest BCUT2D eigenvalue weighted by Crippen LogP contribution is 2.17. The van der Waals surface area contributed by atoms with Crippen LogP contribution < -0.4 is 0 Å². The van der Waals surface area contributed by atoms with Crippen LogP contribution in [0.5, 0.6) is 0 Å². The number of hydrogen-bond acceptors (Lipinski definition) is 2. The third-order valence-electron chi connectivity index (χ3n) is 3.31. The molecule has 17 heavy (non-hydrogen) atoms. The average Bonchev–Trinajstić information content (AvgIpc) is 2.98. The quantitative estimate of drug-likeness (QED) is 0.852. The molecular weight excluding hydrogens is 214 g/mol. The minimum atomic E-state index is 0.217. The van der Waals surface area contributed by atoms with E-state index in [4.69, 9.17) is 0 Å². The Morgan fingerprint density at radius 1 is 1.41 bits per heavy atom. The van der Waals surface area contributed by atoms with Gasteiger partial charge in [0.15, 0.2) is 0 Å². The van der Waals surface area contributed by atoms with Crippen LogP contribution >= 0.6 is 0 Å². The number of nitrogens with one attached hydrogen (secondary N) is 1. The van der Waals surface area contributed by atoms with Gasteiger partial charge in [-0.1, -0.05) is 0 Å². The van der Waals surface area contributed by atoms with Crippen molar-refractivity contribution in [2.45, 2.75) is 19.3 Å². The molecule has 0 aromatic carbocycles. The van der Waals surface area contributed by atoms with E-state index in [0.29, 0.717) is 6.42 Å². The number of pyridine rings is 1. The Morgan fingerprint density at radius 3 is 3.06 bits per heavy atom. The molecule has 2 aromatic heterocycles. The van der Waals surface area contributed by atoms with E-state index in [1.54, 1.807) is 6.20 Å². The number of fused-ring (bicyclic) bond motifs is 1. The SMILES string of the molecule is O=C(Cc1c[nH]c2cccnc12)N1CCCC1. The fourth-order valence-corrected chi connectivity index (χ4v) is 2.39. The lowest BCUT2D eigenvalue weighted by atomic mass is 10.2. The Balaban J connectivity index is 1.82. The zero-order valence-corrected chi connectivity index (χ0v) is 9.65. The molecule has 0 radical (unpaired) electrons. The van der Waals surface area contributed by atoms with Gasteiger partial charge in [0, 0.05) is 31.0 Å². The molecule has 0 spiro atoms. The number of amides is 1. The number of carbonyl (C=O) groups excluding carboxylic acids is 1. The number of rotatable bonds is 2.